The number of aromatic nitrogens is 2. The van der Waals surface area contributed by atoms with Gasteiger partial charge in [0.25, 0.3) is 0 Å². The maximum absolute atomic E-state index is 13.2. The van der Waals surface area contributed by atoms with E-state index in [0.717, 1.165) is 23.1 Å². The van der Waals surface area contributed by atoms with Gasteiger partial charge in [-0.1, -0.05) is 27.7 Å². The minimum atomic E-state index is -0.301. The van der Waals surface area contributed by atoms with Crippen molar-refractivity contribution >= 4 is 30.9 Å². The van der Waals surface area contributed by atoms with Gasteiger partial charge in [0, 0.05) is 25.2 Å². The largest absolute Gasteiger partial charge is 0.347 e. The van der Waals surface area contributed by atoms with Crippen molar-refractivity contribution in [3.63, 3.8) is 0 Å². The molecule has 0 bridgehead atoms. The van der Waals surface area contributed by atoms with E-state index >= 15 is 0 Å². The molecule has 6 nitrogen and oxygen atoms in total. The van der Waals surface area contributed by atoms with E-state index in [4.69, 9.17) is 9.59 Å². The van der Waals surface area contributed by atoms with Crippen molar-refractivity contribution < 1.29 is 18.8 Å². The van der Waals surface area contributed by atoms with Gasteiger partial charge in [0.2, 0.25) is 5.95 Å². The number of rotatable bonds is 6. The highest BCUT2D eigenvalue weighted by Gasteiger charge is 2.17. The van der Waals surface area contributed by atoms with Crippen molar-refractivity contribution in [3.05, 3.63) is 47.4 Å². The Hall–Kier alpha value is -3.22. The average Bonchev–Trinajstić information content (AvgIpc) is 2.73. The van der Waals surface area contributed by atoms with Crippen molar-refractivity contribution in [3.8, 4) is 11.3 Å². The van der Waals surface area contributed by atoms with Gasteiger partial charge in [0.1, 0.15) is 12.1 Å². The summed E-state index contributed by atoms with van der Waals surface area (Å²) in [5.74, 6) is 0.434. The zero-order chi connectivity index (χ0) is 22.4. The fraction of sp³-hybridized carbons (Fsp3) is 0.318. The van der Waals surface area contributed by atoms with E-state index in [1.54, 1.807) is 18.2 Å². The molecule has 2 aromatic rings. The summed E-state index contributed by atoms with van der Waals surface area (Å²) in [5, 5.41) is 0. The molecule has 0 saturated carbocycles. The molecule has 0 saturated heterocycles. The van der Waals surface area contributed by atoms with E-state index in [2.05, 4.69) is 9.97 Å². The van der Waals surface area contributed by atoms with Crippen LogP contribution < -0.4 is 4.90 Å². The van der Waals surface area contributed by atoms with Crippen LogP contribution in [0.4, 0.5) is 10.3 Å². The Morgan fingerprint density at radius 1 is 0.931 bits per heavy atom. The smallest absolute Gasteiger partial charge is 0.225 e. The third-order valence-corrected chi connectivity index (χ3v) is 3.42. The maximum atomic E-state index is 13.2. The number of aldehydes is 3. The molecule has 1 aromatic heterocycles. The second kappa shape index (κ2) is 13.9. The van der Waals surface area contributed by atoms with Gasteiger partial charge in [0.05, 0.1) is 11.4 Å². The molecule has 2 rings (SSSR count). The summed E-state index contributed by atoms with van der Waals surface area (Å²) in [7, 11) is 3.74. The van der Waals surface area contributed by atoms with Crippen LogP contribution in [0.2, 0.25) is 0 Å². The Morgan fingerprint density at radius 3 is 1.90 bits per heavy atom. The lowest BCUT2D eigenvalue weighted by atomic mass is 9.98. The number of benzene rings is 1. The molecule has 0 aliphatic heterocycles. The van der Waals surface area contributed by atoms with Crippen LogP contribution in [0.15, 0.2) is 30.3 Å². The van der Waals surface area contributed by atoms with Gasteiger partial charge in [0.15, 0.2) is 12.6 Å². The van der Waals surface area contributed by atoms with Gasteiger partial charge in [-0.2, -0.15) is 0 Å². The van der Waals surface area contributed by atoms with E-state index < -0.39 is 0 Å². The van der Waals surface area contributed by atoms with Crippen molar-refractivity contribution in [2.24, 2.45) is 0 Å². The summed E-state index contributed by atoms with van der Waals surface area (Å²) in [6.45, 7) is 8.07. The quantitative estimate of drug-likeness (QED) is 0.412. The third-order valence-electron chi connectivity index (χ3n) is 3.42. The molecular formula is C22H28FN3O3. The first-order chi connectivity index (χ1) is 13.8. The number of allylic oxidation sites excluding steroid dienone is 1. The Kier molecular flexibility index (Phi) is 12.3. The highest BCUT2D eigenvalue weighted by Crippen LogP contribution is 2.30. The van der Waals surface area contributed by atoms with E-state index in [1.165, 1.54) is 18.2 Å². The van der Waals surface area contributed by atoms with Crippen molar-refractivity contribution in [1.82, 2.24) is 9.97 Å². The summed E-state index contributed by atoms with van der Waals surface area (Å²) in [5.41, 5.74) is 3.10. The first-order valence-corrected chi connectivity index (χ1v) is 9.21. The predicted octanol–water partition coefficient (Wildman–Crippen LogP) is 4.09. The predicted molar refractivity (Wildman–Crippen MR) is 114 cm³/mol. The Labute approximate surface area is 171 Å². The van der Waals surface area contributed by atoms with Crippen LogP contribution in [0.25, 0.3) is 17.3 Å². The molecule has 0 spiro atoms. The molecule has 0 atom stereocenters. The molecule has 156 valence electrons. The van der Waals surface area contributed by atoms with Gasteiger partial charge in [-0.25, -0.2) is 14.4 Å². The lowest BCUT2D eigenvalue weighted by Gasteiger charge is -2.18. The Balaban J connectivity index is 0.00000116. The molecule has 0 amide bonds. The van der Waals surface area contributed by atoms with Crippen LogP contribution in [-0.4, -0.2) is 42.9 Å². The Bertz CT molecular complexity index is 811. The summed E-state index contributed by atoms with van der Waals surface area (Å²) >= 11 is 0. The van der Waals surface area contributed by atoms with Crippen LogP contribution in [0.1, 0.15) is 44.9 Å². The first-order valence-electron chi connectivity index (χ1n) is 9.21. The van der Waals surface area contributed by atoms with Crippen molar-refractivity contribution in [2.45, 2.75) is 33.6 Å². The zero-order valence-electron chi connectivity index (χ0n) is 17.7. The SMILES string of the molecule is CC.CC(C)c1nc(N(C)C)nc(-c2ccc(F)cc2)c1/C=C/C=O.O=CC=O. The van der Waals surface area contributed by atoms with Gasteiger partial charge >= 0.3 is 0 Å². The van der Waals surface area contributed by atoms with Crippen LogP contribution >= 0.6 is 0 Å². The van der Waals surface area contributed by atoms with E-state index in [9.17, 15) is 9.18 Å². The van der Waals surface area contributed by atoms with E-state index in [0.29, 0.717) is 11.6 Å². The topological polar surface area (TPSA) is 80.2 Å². The fourth-order valence-electron chi connectivity index (χ4n) is 2.24. The van der Waals surface area contributed by atoms with Gasteiger partial charge in [-0.15, -0.1) is 0 Å². The molecule has 0 radical (unpaired) electrons. The van der Waals surface area contributed by atoms with Gasteiger partial charge in [-0.05, 0) is 42.3 Å². The molecule has 1 aromatic carbocycles. The fourth-order valence-corrected chi connectivity index (χ4v) is 2.24. The second-order valence-electron chi connectivity index (χ2n) is 5.99. The monoisotopic (exact) mass is 401 g/mol. The number of nitrogens with zero attached hydrogens (tertiary/aromatic N) is 3. The summed E-state index contributed by atoms with van der Waals surface area (Å²) in [6.07, 6.45) is 4.24. The number of hydrogen-bond donors (Lipinski definition) is 0. The standard InChI is InChI=1S/C18H20FN3O.C2H2O2.C2H6/c1-12(2)16-15(6-5-11-23)17(21-18(20-16)22(3)4)13-7-9-14(19)10-8-13;3-1-2-4;1-2/h5-12H,1-4H3;1-2H;1-2H3/b6-5+;;. The number of halogens is 1. The van der Waals surface area contributed by atoms with Crippen LogP contribution in [0.5, 0.6) is 0 Å². The molecule has 29 heavy (non-hydrogen) atoms. The molecular weight excluding hydrogens is 373 g/mol. The Morgan fingerprint density at radius 2 is 1.48 bits per heavy atom. The van der Waals surface area contributed by atoms with E-state index in [1.807, 2.05) is 46.7 Å². The average molecular weight is 401 g/mol. The molecule has 7 heteroatoms. The minimum absolute atomic E-state index is 0.155. The molecule has 0 unspecified atom stereocenters. The highest BCUT2D eigenvalue weighted by atomic mass is 19.1. The summed E-state index contributed by atoms with van der Waals surface area (Å²) in [6, 6.07) is 6.16. The van der Waals surface area contributed by atoms with Crippen LogP contribution in [0.3, 0.4) is 0 Å². The lowest BCUT2D eigenvalue weighted by molar-refractivity contribution is -0.122. The van der Waals surface area contributed by atoms with Crippen molar-refractivity contribution in [1.29, 1.82) is 0 Å². The molecule has 0 N–H and O–H groups in total. The zero-order valence-corrected chi connectivity index (χ0v) is 17.7. The van der Waals surface area contributed by atoms with Crippen LogP contribution in [-0.2, 0) is 14.4 Å². The molecule has 0 fully saturated rings. The maximum Gasteiger partial charge on any atom is 0.225 e. The number of carbonyl (C=O) groups is 3. The van der Waals surface area contributed by atoms with Crippen LogP contribution in [0, 0.1) is 5.82 Å². The lowest BCUT2D eigenvalue weighted by Crippen LogP contribution is -2.16. The second-order valence-corrected chi connectivity index (χ2v) is 5.99. The van der Waals surface area contributed by atoms with Gasteiger partial charge < -0.3 is 4.90 Å². The normalized spacial score (nSPS) is 9.79. The number of anilines is 1. The summed E-state index contributed by atoms with van der Waals surface area (Å²) < 4.78 is 13.2. The van der Waals surface area contributed by atoms with E-state index in [-0.39, 0.29) is 24.3 Å². The third kappa shape index (κ3) is 8.13. The van der Waals surface area contributed by atoms with Crippen molar-refractivity contribution in [2.75, 3.05) is 19.0 Å². The molecule has 1 heterocycles. The van der Waals surface area contributed by atoms with Gasteiger partial charge in [-0.3, -0.25) is 14.4 Å². The number of hydrogen-bond acceptors (Lipinski definition) is 6. The minimum Gasteiger partial charge on any atom is -0.347 e. The molecule has 0 aliphatic carbocycles. The summed E-state index contributed by atoms with van der Waals surface area (Å²) in [4.78, 5) is 39.4. The number of carbonyl (C=O) groups excluding carboxylic acids is 3. The highest BCUT2D eigenvalue weighted by molar-refractivity contribution is 6.09. The molecule has 0 aliphatic rings. The first kappa shape index (κ1) is 25.8.